The number of piperidine rings is 1. The minimum Gasteiger partial charge on any atom is -0.476 e. The Balaban J connectivity index is 1.43. The number of halogens is 2. The fraction of sp³-hybridized carbons (Fsp3) is 0.611. The van der Waals surface area contributed by atoms with Crippen molar-refractivity contribution in [2.45, 2.75) is 44.8 Å². The first-order chi connectivity index (χ1) is 13.1. The normalized spacial score (nSPS) is 23.1. The fourth-order valence-corrected chi connectivity index (χ4v) is 3.47. The van der Waals surface area contributed by atoms with Gasteiger partial charge in [0.25, 0.3) is 0 Å². The number of hydrogen-bond donors (Lipinski definition) is 2. The van der Waals surface area contributed by atoms with Gasteiger partial charge >= 0.3 is 0 Å². The average molecular weight is 395 g/mol. The van der Waals surface area contributed by atoms with Crippen LogP contribution in [0.15, 0.2) is 12.4 Å². The lowest BCUT2D eigenvalue weighted by Gasteiger charge is -2.26. The van der Waals surface area contributed by atoms with Gasteiger partial charge in [-0.2, -0.15) is 10.1 Å². The van der Waals surface area contributed by atoms with Gasteiger partial charge in [-0.3, -0.25) is 4.68 Å². The summed E-state index contributed by atoms with van der Waals surface area (Å²) in [5.41, 5.74) is 1.75. The van der Waals surface area contributed by atoms with Crippen LogP contribution < -0.4 is 15.4 Å². The topological polar surface area (TPSA) is 76.9 Å². The lowest BCUT2D eigenvalue weighted by molar-refractivity contribution is 0.120. The third kappa shape index (κ3) is 4.16. The molecule has 0 radical (unpaired) electrons. The molecule has 2 aromatic heterocycles. The van der Waals surface area contributed by atoms with Crippen LogP contribution in [0.25, 0.3) is 0 Å². The van der Waals surface area contributed by atoms with E-state index in [1.54, 1.807) is 0 Å². The molecule has 2 aromatic rings. The molecule has 2 unspecified atom stereocenters. The van der Waals surface area contributed by atoms with Gasteiger partial charge in [0.05, 0.1) is 30.2 Å². The summed E-state index contributed by atoms with van der Waals surface area (Å²) in [5, 5.41) is 11.1. The van der Waals surface area contributed by atoms with Crippen molar-refractivity contribution in [3.05, 3.63) is 23.1 Å². The zero-order valence-corrected chi connectivity index (χ0v) is 16.0. The number of aryl methyl sites for hydroxylation is 1. The summed E-state index contributed by atoms with van der Waals surface area (Å²) >= 11 is 6.16. The second-order valence-electron chi connectivity index (χ2n) is 7.24. The summed E-state index contributed by atoms with van der Waals surface area (Å²) in [6.45, 7) is 3.35. The quantitative estimate of drug-likeness (QED) is 0.781. The molecule has 0 amide bonds. The molecular formula is C18H24ClFN6O. The smallest absolute Gasteiger partial charge is 0.237 e. The Hall–Kier alpha value is -1.93. The summed E-state index contributed by atoms with van der Waals surface area (Å²) in [6, 6.07) is 0.489. The van der Waals surface area contributed by atoms with Gasteiger partial charge in [-0.15, -0.1) is 0 Å². The molecule has 2 N–H and O–H groups in total. The molecule has 1 saturated carbocycles. The van der Waals surface area contributed by atoms with Gasteiger partial charge in [0.15, 0.2) is 0 Å². The third-order valence-corrected chi connectivity index (χ3v) is 5.56. The summed E-state index contributed by atoms with van der Waals surface area (Å²) in [7, 11) is 0. The maximum absolute atomic E-state index is 13.9. The number of rotatable bonds is 6. The first-order valence-electron chi connectivity index (χ1n) is 9.43. The molecule has 146 valence electrons. The summed E-state index contributed by atoms with van der Waals surface area (Å²) in [4.78, 5) is 8.57. The van der Waals surface area contributed by atoms with Crippen LogP contribution in [0.5, 0.6) is 5.88 Å². The zero-order chi connectivity index (χ0) is 18.8. The highest BCUT2D eigenvalue weighted by atomic mass is 35.5. The number of ether oxygens (including phenoxy) is 1. The van der Waals surface area contributed by atoms with Crippen molar-refractivity contribution in [3.8, 4) is 5.88 Å². The van der Waals surface area contributed by atoms with Crippen LogP contribution >= 0.6 is 11.6 Å². The molecular weight excluding hydrogens is 371 g/mol. The van der Waals surface area contributed by atoms with E-state index in [1.165, 1.54) is 25.5 Å². The number of alkyl halides is 1. The molecule has 2 atom stereocenters. The molecule has 2 fully saturated rings. The van der Waals surface area contributed by atoms with Crippen molar-refractivity contribution in [2.75, 3.05) is 25.0 Å². The van der Waals surface area contributed by atoms with Crippen LogP contribution in [0.3, 0.4) is 0 Å². The highest BCUT2D eigenvalue weighted by Crippen LogP contribution is 2.33. The minimum atomic E-state index is -0.919. The van der Waals surface area contributed by atoms with Gasteiger partial charge in [-0.25, -0.2) is 9.37 Å². The highest BCUT2D eigenvalue weighted by Gasteiger charge is 2.26. The Kier molecular flexibility index (Phi) is 5.45. The van der Waals surface area contributed by atoms with Crippen LogP contribution in [0.4, 0.5) is 16.0 Å². The predicted molar refractivity (Wildman–Crippen MR) is 102 cm³/mol. The van der Waals surface area contributed by atoms with Gasteiger partial charge in [0.1, 0.15) is 11.2 Å². The molecule has 4 rings (SSSR count). The maximum atomic E-state index is 13.9. The lowest BCUT2D eigenvalue weighted by Crippen LogP contribution is -2.40. The summed E-state index contributed by atoms with van der Waals surface area (Å²) < 4.78 is 21.7. The lowest BCUT2D eigenvalue weighted by atomic mass is 9.93. The van der Waals surface area contributed by atoms with Crippen LogP contribution in [0.1, 0.15) is 37.4 Å². The highest BCUT2D eigenvalue weighted by molar-refractivity contribution is 6.31. The van der Waals surface area contributed by atoms with Crippen molar-refractivity contribution >= 4 is 23.2 Å². The molecule has 7 nitrogen and oxygen atoms in total. The SMILES string of the molecule is Cc1nn(C2CCC2)cc1Nc1ncc(Cl)c(OCC2CCNCC2F)n1. The largest absolute Gasteiger partial charge is 0.476 e. The van der Waals surface area contributed by atoms with Crippen LogP contribution in [0, 0.1) is 12.8 Å². The minimum absolute atomic E-state index is 0.156. The summed E-state index contributed by atoms with van der Waals surface area (Å²) in [5.74, 6) is 0.494. The van der Waals surface area contributed by atoms with E-state index < -0.39 is 6.17 Å². The Morgan fingerprint density at radius 2 is 2.26 bits per heavy atom. The molecule has 0 bridgehead atoms. The Labute approximate surface area is 162 Å². The summed E-state index contributed by atoms with van der Waals surface area (Å²) in [6.07, 6.45) is 6.88. The van der Waals surface area contributed by atoms with E-state index in [4.69, 9.17) is 16.3 Å². The van der Waals surface area contributed by atoms with E-state index in [-0.39, 0.29) is 18.4 Å². The van der Waals surface area contributed by atoms with Crippen molar-refractivity contribution in [2.24, 2.45) is 5.92 Å². The third-order valence-electron chi connectivity index (χ3n) is 5.30. The van der Waals surface area contributed by atoms with Gasteiger partial charge in [0.2, 0.25) is 11.8 Å². The van der Waals surface area contributed by atoms with Gasteiger partial charge in [-0.1, -0.05) is 11.6 Å². The van der Waals surface area contributed by atoms with E-state index in [0.717, 1.165) is 24.3 Å². The number of hydrogen-bond acceptors (Lipinski definition) is 6. The number of nitrogens with zero attached hydrogens (tertiary/aromatic N) is 4. The Morgan fingerprint density at radius 3 is 3.00 bits per heavy atom. The molecule has 0 aromatic carbocycles. The van der Waals surface area contributed by atoms with Crippen molar-refractivity contribution < 1.29 is 9.13 Å². The molecule has 1 aliphatic carbocycles. The van der Waals surface area contributed by atoms with Gasteiger partial charge in [0, 0.05) is 18.7 Å². The standard InChI is InChI=1S/C18H24ClFN6O/c1-11-16(9-26(25-11)13-3-2-4-13)23-18-22-7-14(19)17(24-18)27-10-12-5-6-21-8-15(12)20/h7,9,12-13,15,21H,2-6,8,10H2,1H3,(H,22,23,24). The van der Waals surface area contributed by atoms with Crippen molar-refractivity contribution in [3.63, 3.8) is 0 Å². The Morgan fingerprint density at radius 1 is 1.41 bits per heavy atom. The van der Waals surface area contributed by atoms with Gasteiger partial charge in [-0.05, 0) is 39.2 Å². The molecule has 1 aliphatic heterocycles. The van der Waals surface area contributed by atoms with Crippen LogP contribution in [-0.2, 0) is 0 Å². The first kappa shape index (κ1) is 18.4. The van der Waals surface area contributed by atoms with Gasteiger partial charge < -0.3 is 15.4 Å². The van der Waals surface area contributed by atoms with E-state index >= 15 is 0 Å². The second-order valence-corrected chi connectivity index (χ2v) is 7.65. The van der Waals surface area contributed by atoms with Crippen molar-refractivity contribution in [1.29, 1.82) is 0 Å². The molecule has 0 spiro atoms. The monoisotopic (exact) mass is 394 g/mol. The first-order valence-corrected chi connectivity index (χ1v) is 9.81. The fourth-order valence-electron chi connectivity index (χ4n) is 3.32. The van der Waals surface area contributed by atoms with E-state index in [1.807, 2.05) is 17.8 Å². The molecule has 2 aliphatic rings. The zero-order valence-electron chi connectivity index (χ0n) is 15.3. The maximum Gasteiger partial charge on any atom is 0.237 e. The van der Waals surface area contributed by atoms with Crippen LogP contribution in [0.2, 0.25) is 5.02 Å². The number of aromatic nitrogens is 4. The molecule has 1 saturated heterocycles. The van der Waals surface area contributed by atoms with E-state index in [9.17, 15) is 4.39 Å². The molecule has 3 heterocycles. The predicted octanol–water partition coefficient (Wildman–Crippen LogP) is 3.43. The van der Waals surface area contributed by atoms with Crippen molar-refractivity contribution in [1.82, 2.24) is 25.1 Å². The number of anilines is 2. The van der Waals surface area contributed by atoms with Crippen LogP contribution in [-0.4, -0.2) is 45.6 Å². The second kappa shape index (κ2) is 7.98. The Bertz CT molecular complexity index is 796. The number of nitrogens with one attached hydrogen (secondary N) is 2. The van der Waals surface area contributed by atoms with E-state index in [2.05, 4.69) is 25.7 Å². The molecule has 27 heavy (non-hydrogen) atoms. The molecule has 9 heteroatoms. The van der Waals surface area contributed by atoms with E-state index in [0.29, 0.717) is 23.6 Å². The average Bonchev–Trinajstić information content (AvgIpc) is 2.95.